The second kappa shape index (κ2) is 5.47. The molecule has 18 heavy (non-hydrogen) atoms. The lowest BCUT2D eigenvalue weighted by molar-refractivity contribution is 0.0518. The smallest absolute Gasteiger partial charge is 0.259 e. The Labute approximate surface area is 105 Å². The first kappa shape index (κ1) is 12.3. The average molecular weight is 246 g/mol. The highest BCUT2D eigenvalue weighted by atomic mass is 16.5. The zero-order valence-corrected chi connectivity index (χ0v) is 10.3. The topological polar surface area (TPSA) is 87.7 Å². The van der Waals surface area contributed by atoms with Gasteiger partial charge >= 0.3 is 0 Å². The van der Waals surface area contributed by atoms with Crippen LogP contribution in [0.2, 0.25) is 0 Å². The zero-order valence-electron chi connectivity index (χ0n) is 10.3. The van der Waals surface area contributed by atoms with E-state index in [0.717, 1.165) is 6.42 Å². The molecule has 0 aliphatic carbocycles. The molecule has 2 aromatic rings. The van der Waals surface area contributed by atoms with Gasteiger partial charge < -0.3 is 14.2 Å². The van der Waals surface area contributed by atoms with Gasteiger partial charge in [0.05, 0.1) is 5.56 Å². The molecule has 0 aromatic carbocycles. The molecule has 0 spiro atoms. The van der Waals surface area contributed by atoms with E-state index in [-0.39, 0.29) is 6.10 Å². The van der Waals surface area contributed by atoms with Crippen LogP contribution in [0.15, 0.2) is 16.8 Å². The molecule has 0 fully saturated rings. The standard InChI is InChI=1S/C12H14N4O2/c1-3-10(17-4-2)11-15-12(18-16-11)8-5-9(6-13)14-7-8/h5,7,10,14H,3-4H2,1-2H3. The highest BCUT2D eigenvalue weighted by molar-refractivity contribution is 5.54. The first-order valence-corrected chi connectivity index (χ1v) is 5.82. The lowest BCUT2D eigenvalue weighted by atomic mass is 10.2. The van der Waals surface area contributed by atoms with Crippen LogP contribution in [0.5, 0.6) is 0 Å². The van der Waals surface area contributed by atoms with Crippen molar-refractivity contribution in [1.29, 1.82) is 5.26 Å². The molecular weight excluding hydrogens is 232 g/mol. The summed E-state index contributed by atoms with van der Waals surface area (Å²) in [7, 11) is 0. The van der Waals surface area contributed by atoms with Gasteiger partial charge in [-0.05, 0) is 19.4 Å². The Morgan fingerprint density at radius 3 is 3.00 bits per heavy atom. The predicted molar refractivity (Wildman–Crippen MR) is 63.5 cm³/mol. The maximum absolute atomic E-state index is 8.73. The summed E-state index contributed by atoms with van der Waals surface area (Å²) in [6, 6.07) is 3.67. The summed E-state index contributed by atoms with van der Waals surface area (Å²) in [5.41, 5.74) is 1.17. The van der Waals surface area contributed by atoms with Gasteiger partial charge in [-0.3, -0.25) is 0 Å². The monoisotopic (exact) mass is 246 g/mol. The van der Waals surface area contributed by atoms with Gasteiger partial charge in [0.15, 0.2) is 0 Å². The molecule has 2 rings (SSSR count). The molecule has 0 saturated heterocycles. The highest BCUT2D eigenvalue weighted by Crippen LogP contribution is 2.23. The second-order valence-electron chi connectivity index (χ2n) is 3.72. The van der Waals surface area contributed by atoms with E-state index in [1.54, 1.807) is 12.3 Å². The number of H-pyrrole nitrogens is 1. The van der Waals surface area contributed by atoms with Gasteiger partial charge in [-0.1, -0.05) is 12.1 Å². The molecule has 0 radical (unpaired) electrons. The first-order chi connectivity index (χ1) is 8.78. The van der Waals surface area contributed by atoms with Gasteiger partial charge in [0, 0.05) is 12.8 Å². The molecule has 1 atom stereocenters. The lowest BCUT2D eigenvalue weighted by Gasteiger charge is -2.09. The second-order valence-corrected chi connectivity index (χ2v) is 3.72. The summed E-state index contributed by atoms with van der Waals surface area (Å²) in [4.78, 5) is 7.10. The number of ether oxygens (including phenoxy) is 1. The third kappa shape index (κ3) is 2.41. The Morgan fingerprint density at radius 2 is 2.39 bits per heavy atom. The largest absolute Gasteiger partial charge is 0.370 e. The molecule has 2 heterocycles. The summed E-state index contributed by atoms with van der Waals surface area (Å²) in [5.74, 6) is 0.926. The molecule has 2 aromatic heterocycles. The number of hydrogen-bond acceptors (Lipinski definition) is 5. The van der Waals surface area contributed by atoms with Crippen LogP contribution in [-0.4, -0.2) is 21.7 Å². The van der Waals surface area contributed by atoms with Crippen molar-refractivity contribution in [3.63, 3.8) is 0 Å². The number of aromatic nitrogens is 3. The molecule has 94 valence electrons. The van der Waals surface area contributed by atoms with Gasteiger partial charge in [0.1, 0.15) is 17.9 Å². The van der Waals surface area contributed by atoms with Crippen LogP contribution in [0.4, 0.5) is 0 Å². The van der Waals surface area contributed by atoms with E-state index in [4.69, 9.17) is 14.5 Å². The fourth-order valence-corrected chi connectivity index (χ4v) is 1.64. The minimum atomic E-state index is -0.151. The molecule has 6 heteroatoms. The summed E-state index contributed by atoms with van der Waals surface area (Å²) in [6.45, 7) is 4.53. The van der Waals surface area contributed by atoms with Crippen molar-refractivity contribution < 1.29 is 9.26 Å². The maximum Gasteiger partial charge on any atom is 0.259 e. The number of hydrogen-bond donors (Lipinski definition) is 1. The third-order valence-corrected chi connectivity index (χ3v) is 2.52. The van der Waals surface area contributed by atoms with E-state index < -0.39 is 0 Å². The first-order valence-electron chi connectivity index (χ1n) is 5.82. The fraction of sp³-hybridized carbons (Fsp3) is 0.417. The van der Waals surface area contributed by atoms with Crippen molar-refractivity contribution in [1.82, 2.24) is 15.1 Å². The Balaban J connectivity index is 2.22. The molecule has 1 N–H and O–H groups in total. The number of aromatic amines is 1. The van der Waals surface area contributed by atoms with Crippen molar-refractivity contribution >= 4 is 0 Å². The van der Waals surface area contributed by atoms with E-state index in [1.807, 2.05) is 19.9 Å². The molecular formula is C12H14N4O2. The van der Waals surface area contributed by atoms with Crippen LogP contribution in [0.3, 0.4) is 0 Å². The molecule has 0 bridgehead atoms. The van der Waals surface area contributed by atoms with Crippen molar-refractivity contribution in [2.24, 2.45) is 0 Å². The molecule has 0 amide bonds. The quantitative estimate of drug-likeness (QED) is 0.875. The Kier molecular flexibility index (Phi) is 3.75. The van der Waals surface area contributed by atoms with Crippen LogP contribution < -0.4 is 0 Å². The van der Waals surface area contributed by atoms with E-state index in [2.05, 4.69) is 15.1 Å². The van der Waals surface area contributed by atoms with Crippen LogP contribution in [0.1, 0.15) is 37.9 Å². The minimum Gasteiger partial charge on any atom is -0.370 e. The molecule has 0 aliphatic rings. The van der Waals surface area contributed by atoms with Crippen molar-refractivity contribution in [2.45, 2.75) is 26.4 Å². The molecule has 6 nitrogen and oxygen atoms in total. The van der Waals surface area contributed by atoms with Crippen LogP contribution in [0.25, 0.3) is 11.5 Å². The van der Waals surface area contributed by atoms with Crippen LogP contribution in [-0.2, 0) is 4.74 Å². The van der Waals surface area contributed by atoms with Gasteiger partial charge in [-0.15, -0.1) is 0 Å². The number of nitriles is 1. The predicted octanol–water partition coefficient (Wildman–Crippen LogP) is 2.42. The minimum absolute atomic E-state index is 0.151. The number of nitrogens with zero attached hydrogens (tertiary/aromatic N) is 3. The van der Waals surface area contributed by atoms with Gasteiger partial charge in [0.25, 0.3) is 5.89 Å². The summed E-state index contributed by atoms with van der Waals surface area (Å²) >= 11 is 0. The lowest BCUT2D eigenvalue weighted by Crippen LogP contribution is -2.04. The maximum atomic E-state index is 8.73. The number of nitrogens with one attached hydrogen (secondary N) is 1. The van der Waals surface area contributed by atoms with E-state index in [9.17, 15) is 0 Å². The van der Waals surface area contributed by atoms with E-state index >= 15 is 0 Å². The van der Waals surface area contributed by atoms with E-state index in [0.29, 0.717) is 29.6 Å². The van der Waals surface area contributed by atoms with Crippen molar-refractivity contribution in [2.75, 3.05) is 6.61 Å². The third-order valence-electron chi connectivity index (χ3n) is 2.52. The van der Waals surface area contributed by atoms with Crippen molar-refractivity contribution in [3.8, 4) is 17.5 Å². The van der Waals surface area contributed by atoms with Gasteiger partial charge in [-0.25, -0.2) is 0 Å². The summed E-state index contributed by atoms with van der Waals surface area (Å²) in [5, 5.41) is 12.6. The zero-order chi connectivity index (χ0) is 13.0. The van der Waals surface area contributed by atoms with Gasteiger partial charge in [0.2, 0.25) is 5.82 Å². The van der Waals surface area contributed by atoms with Crippen LogP contribution in [0, 0.1) is 11.3 Å². The SMILES string of the molecule is CCOC(CC)c1noc(-c2c[nH]c(C#N)c2)n1. The summed E-state index contributed by atoms with van der Waals surface area (Å²) in [6.07, 6.45) is 2.29. The highest BCUT2D eigenvalue weighted by Gasteiger charge is 2.18. The van der Waals surface area contributed by atoms with Crippen molar-refractivity contribution in [3.05, 3.63) is 23.8 Å². The molecule has 1 unspecified atom stereocenters. The normalized spacial score (nSPS) is 12.3. The van der Waals surface area contributed by atoms with E-state index in [1.165, 1.54) is 0 Å². The fourth-order valence-electron chi connectivity index (χ4n) is 1.64. The van der Waals surface area contributed by atoms with Crippen LogP contribution >= 0.6 is 0 Å². The average Bonchev–Trinajstić information content (AvgIpc) is 3.03. The Bertz CT molecular complexity index is 552. The summed E-state index contributed by atoms with van der Waals surface area (Å²) < 4.78 is 10.7. The molecule has 0 saturated carbocycles. The van der Waals surface area contributed by atoms with Gasteiger partial charge in [-0.2, -0.15) is 10.2 Å². The Morgan fingerprint density at radius 1 is 1.56 bits per heavy atom. The Hall–Kier alpha value is -2.13. The number of rotatable bonds is 5. The molecule has 0 aliphatic heterocycles.